The first-order valence-corrected chi connectivity index (χ1v) is 19.2. The summed E-state index contributed by atoms with van der Waals surface area (Å²) in [5, 5.41) is 11.2. The summed E-state index contributed by atoms with van der Waals surface area (Å²) in [7, 11) is 0. The van der Waals surface area contributed by atoms with Gasteiger partial charge in [-0.15, -0.1) is 11.3 Å². The largest absolute Gasteiger partial charge is 0.310 e. The highest BCUT2D eigenvalue weighted by molar-refractivity contribution is 7.26. The van der Waals surface area contributed by atoms with Crippen LogP contribution in [0, 0.1) is 0 Å². The van der Waals surface area contributed by atoms with Gasteiger partial charge in [-0.25, -0.2) is 4.98 Å². The summed E-state index contributed by atoms with van der Waals surface area (Å²) in [4.78, 5) is 7.62. The highest BCUT2D eigenvalue weighted by atomic mass is 32.1. The number of pyridine rings is 1. The van der Waals surface area contributed by atoms with Crippen molar-refractivity contribution in [1.29, 1.82) is 0 Å². The van der Waals surface area contributed by atoms with Gasteiger partial charge in [0.05, 0.1) is 11.2 Å². The number of hydrogen-bond donors (Lipinski definition) is 0. The van der Waals surface area contributed by atoms with Gasteiger partial charge in [-0.3, -0.25) is 0 Å². The van der Waals surface area contributed by atoms with Crippen molar-refractivity contribution >= 4 is 91.8 Å². The molecule has 3 heteroatoms. The van der Waals surface area contributed by atoms with E-state index >= 15 is 0 Å². The fourth-order valence-electron chi connectivity index (χ4n) is 8.14. The van der Waals surface area contributed by atoms with E-state index in [1.165, 1.54) is 69.0 Å². The van der Waals surface area contributed by atoms with E-state index in [1.807, 2.05) is 11.3 Å². The van der Waals surface area contributed by atoms with Crippen molar-refractivity contribution in [3.63, 3.8) is 0 Å². The van der Waals surface area contributed by atoms with Crippen LogP contribution >= 0.6 is 11.3 Å². The van der Waals surface area contributed by atoms with Gasteiger partial charge in [0.15, 0.2) is 0 Å². The van der Waals surface area contributed by atoms with Crippen LogP contribution in [-0.4, -0.2) is 4.98 Å². The Morgan fingerprint density at radius 1 is 0.370 bits per heavy atom. The molecule has 0 bridgehead atoms. The molecule has 0 saturated heterocycles. The van der Waals surface area contributed by atoms with Crippen molar-refractivity contribution in [2.24, 2.45) is 0 Å². The zero-order valence-corrected chi connectivity index (χ0v) is 30.1. The Balaban J connectivity index is 0.985. The fourth-order valence-corrected chi connectivity index (χ4v) is 9.40. The maximum atomic E-state index is 5.26. The third-order valence-electron chi connectivity index (χ3n) is 10.8. The summed E-state index contributed by atoms with van der Waals surface area (Å²) in [5.74, 6) is 0. The number of anilines is 3. The van der Waals surface area contributed by atoms with E-state index in [-0.39, 0.29) is 0 Å². The van der Waals surface area contributed by atoms with Gasteiger partial charge in [-0.2, -0.15) is 0 Å². The Bertz CT molecular complexity index is 3130. The van der Waals surface area contributed by atoms with E-state index in [2.05, 4.69) is 199 Å². The maximum Gasteiger partial charge on any atom is 0.0788 e. The highest BCUT2D eigenvalue weighted by Crippen LogP contribution is 2.44. The Kier molecular flexibility index (Phi) is 7.07. The molecular formula is C51H32N2S. The molecule has 2 nitrogen and oxygen atoms in total. The number of rotatable bonds is 5. The predicted molar refractivity (Wildman–Crippen MR) is 233 cm³/mol. The van der Waals surface area contributed by atoms with Gasteiger partial charge in [0.25, 0.3) is 0 Å². The quantitative estimate of drug-likeness (QED) is 0.166. The molecule has 11 aromatic rings. The molecule has 0 unspecified atom stereocenters. The van der Waals surface area contributed by atoms with Crippen LogP contribution in [-0.2, 0) is 0 Å². The van der Waals surface area contributed by atoms with Gasteiger partial charge in [0, 0.05) is 59.0 Å². The minimum atomic E-state index is 1.02. The van der Waals surface area contributed by atoms with Crippen molar-refractivity contribution in [2.75, 3.05) is 4.90 Å². The number of para-hydroxylation sites is 1. The van der Waals surface area contributed by atoms with Gasteiger partial charge in [0.1, 0.15) is 0 Å². The summed E-state index contributed by atoms with van der Waals surface area (Å²) in [5.41, 5.74) is 8.87. The summed E-state index contributed by atoms with van der Waals surface area (Å²) < 4.78 is 2.64. The van der Waals surface area contributed by atoms with Crippen LogP contribution in [0.15, 0.2) is 194 Å². The lowest BCUT2D eigenvalue weighted by Crippen LogP contribution is -2.09. The molecule has 0 N–H and O–H groups in total. The molecule has 0 spiro atoms. The molecule has 0 fully saturated rings. The Labute approximate surface area is 316 Å². The molecular weight excluding hydrogens is 673 g/mol. The van der Waals surface area contributed by atoms with Crippen LogP contribution in [0.1, 0.15) is 0 Å². The second-order valence-electron chi connectivity index (χ2n) is 14.0. The molecule has 0 aliphatic carbocycles. The zero-order chi connectivity index (χ0) is 35.6. The summed E-state index contributed by atoms with van der Waals surface area (Å²) >= 11 is 1.88. The van der Waals surface area contributed by atoms with Gasteiger partial charge in [-0.1, -0.05) is 146 Å². The zero-order valence-electron chi connectivity index (χ0n) is 29.3. The normalized spacial score (nSPS) is 11.7. The smallest absolute Gasteiger partial charge is 0.0788 e. The Hall–Kier alpha value is -6.81. The molecule has 9 aromatic carbocycles. The first-order valence-electron chi connectivity index (χ1n) is 18.4. The Morgan fingerprint density at radius 2 is 0.889 bits per heavy atom. The van der Waals surface area contributed by atoms with Crippen molar-refractivity contribution in [3.8, 4) is 22.4 Å². The molecule has 0 radical (unpaired) electrons. The molecule has 2 heterocycles. The topological polar surface area (TPSA) is 16.1 Å². The molecule has 0 amide bonds. The number of aromatic nitrogens is 1. The average molecular weight is 705 g/mol. The van der Waals surface area contributed by atoms with Gasteiger partial charge >= 0.3 is 0 Å². The predicted octanol–water partition coefficient (Wildman–Crippen LogP) is 14.9. The van der Waals surface area contributed by atoms with Gasteiger partial charge in [0.2, 0.25) is 0 Å². The van der Waals surface area contributed by atoms with Crippen LogP contribution in [0.25, 0.3) is 85.8 Å². The Morgan fingerprint density at radius 3 is 1.57 bits per heavy atom. The van der Waals surface area contributed by atoms with Crippen molar-refractivity contribution in [3.05, 3.63) is 194 Å². The molecule has 0 atom stereocenters. The molecule has 0 aliphatic heterocycles. The molecule has 252 valence electrons. The molecule has 0 aliphatic rings. The minimum Gasteiger partial charge on any atom is -0.310 e. The first-order chi connectivity index (χ1) is 26.7. The maximum absolute atomic E-state index is 5.26. The lowest BCUT2D eigenvalue weighted by molar-refractivity contribution is 1.29. The lowest BCUT2D eigenvalue weighted by Gasteiger charge is -2.26. The van der Waals surface area contributed by atoms with E-state index in [4.69, 9.17) is 4.98 Å². The molecule has 54 heavy (non-hydrogen) atoms. The summed E-state index contributed by atoms with van der Waals surface area (Å²) in [6.45, 7) is 0. The SMILES string of the molecule is c1ccc2cc(N(c3ccc(-c4ccc(-c5nc6ccccc6c6c5ccc5c7ccccc7sc56)cc4)cc3)c3ccc4ccccc4c3)ccc2c1. The van der Waals surface area contributed by atoms with Crippen molar-refractivity contribution < 1.29 is 0 Å². The second kappa shape index (κ2) is 12.4. The van der Waals surface area contributed by atoms with E-state index in [1.54, 1.807) is 0 Å². The minimum absolute atomic E-state index is 1.02. The van der Waals surface area contributed by atoms with Crippen LogP contribution in [0.5, 0.6) is 0 Å². The number of thiophene rings is 1. The van der Waals surface area contributed by atoms with Crippen LogP contribution in [0.3, 0.4) is 0 Å². The van der Waals surface area contributed by atoms with E-state index in [0.29, 0.717) is 0 Å². The lowest BCUT2D eigenvalue weighted by atomic mass is 9.96. The van der Waals surface area contributed by atoms with E-state index in [9.17, 15) is 0 Å². The average Bonchev–Trinajstić information content (AvgIpc) is 3.63. The van der Waals surface area contributed by atoms with Crippen LogP contribution < -0.4 is 4.90 Å². The summed E-state index contributed by atoms with van der Waals surface area (Å²) in [6.07, 6.45) is 0. The van der Waals surface area contributed by atoms with Crippen molar-refractivity contribution in [2.45, 2.75) is 0 Å². The summed E-state index contributed by atoms with van der Waals surface area (Å²) in [6, 6.07) is 70.3. The number of benzene rings is 9. The molecule has 11 rings (SSSR count). The highest BCUT2D eigenvalue weighted by Gasteiger charge is 2.17. The van der Waals surface area contributed by atoms with Gasteiger partial charge in [-0.05, 0) is 81.2 Å². The molecule has 2 aromatic heterocycles. The molecule has 0 saturated carbocycles. The van der Waals surface area contributed by atoms with Crippen LogP contribution in [0.2, 0.25) is 0 Å². The fraction of sp³-hybridized carbons (Fsp3) is 0. The van der Waals surface area contributed by atoms with Gasteiger partial charge < -0.3 is 4.90 Å². The second-order valence-corrected chi connectivity index (χ2v) is 15.0. The van der Waals surface area contributed by atoms with Crippen LogP contribution in [0.4, 0.5) is 17.1 Å². The van der Waals surface area contributed by atoms with Crippen molar-refractivity contribution in [1.82, 2.24) is 4.98 Å². The first kappa shape index (κ1) is 30.8. The van der Waals surface area contributed by atoms with E-state index in [0.717, 1.165) is 33.8 Å². The van der Waals surface area contributed by atoms with E-state index < -0.39 is 0 Å². The number of nitrogens with zero attached hydrogens (tertiary/aromatic N) is 2. The third kappa shape index (κ3) is 5.05. The third-order valence-corrected chi connectivity index (χ3v) is 12.0. The number of fused-ring (bicyclic) bond motifs is 9. The number of hydrogen-bond acceptors (Lipinski definition) is 3. The monoisotopic (exact) mass is 704 g/mol. The standard InChI is InChI=1S/C51H32N2S/c1-3-11-38-31-41(27-23-33(38)9-1)53(42-28-24-34-10-2-4-12-39(34)32-42)40-25-21-36(22-26-40)35-17-19-37(20-18-35)50-46-30-29-44-43-13-6-8-16-48(43)54-51(44)49(46)45-14-5-7-15-47(45)52-50/h1-32H.